The van der Waals surface area contributed by atoms with Crippen LogP contribution in [0.25, 0.3) is 0 Å². The van der Waals surface area contributed by atoms with Crippen molar-refractivity contribution in [2.24, 2.45) is 0 Å². The van der Waals surface area contributed by atoms with E-state index in [-0.39, 0.29) is 6.61 Å². The van der Waals surface area contributed by atoms with E-state index >= 15 is 0 Å². The van der Waals surface area contributed by atoms with Gasteiger partial charge in [0.05, 0.1) is 23.7 Å². The predicted octanol–water partition coefficient (Wildman–Crippen LogP) is -0.132. The fraction of sp³-hybridized carbons (Fsp3) is 0.429. The Labute approximate surface area is 133 Å². The minimum absolute atomic E-state index is 0.0780. The van der Waals surface area contributed by atoms with E-state index in [1.807, 2.05) is 0 Å². The number of aliphatic hydroxyl groups is 1. The number of rotatable bonds is 5. The molecule has 0 aromatic heterocycles. The Morgan fingerprint density at radius 3 is 2.39 bits per heavy atom. The number of carbonyl (C=O) groups is 2. The molecule has 1 aliphatic heterocycles. The lowest BCUT2D eigenvalue weighted by atomic mass is 10.2. The zero-order valence-electron chi connectivity index (χ0n) is 12.2. The Morgan fingerprint density at radius 2 is 1.87 bits per heavy atom. The van der Waals surface area contributed by atoms with Crippen LogP contribution < -0.4 is 0 Å². The second-order valence-electron chi connectivity index (χ2n) is 5.27. The average molecular weight is 343 g/mol. The second kappa shape index (κ2) is 6.97. The molecule has 1 amide bonds. The predicted molar refractivity (Wildman–Crippen MR) is 79.4 cm³/mol. The fourth-order valence-electron chi connectivity index (χ4n) is 2.37. The first-order valence-corrected chi connectivity index (χ1v) is 8.68. The first-order valence-electron chi connectivity index (χ1n) is 6.86. The molecule has 1 saturated heterocycles. The van der Waals surface area contributed by atoms with Gasteiger partial charge in [0.1, 0.15) is 13.2 Å². The van der Waals surface area contributed by atoms with Crippen molar-refractivity contribution in [2.75, 3.05) is 18.1 Å². The van der Waals surface area contributed by atoms with Crippen LogP contribution in [-0.2, 0) is 26.0 Å². The van der Waals surface area contributed by atoms with Crippen molar-refractivity contribution in [3.05, 3.63) is 35.9 Å². The van der Waals surface area contributed by atoms with Gasteiger partial charge in [0.2, 0.25) is 0 Å². The van der Waals surface area contributed by atoms with Gasteiger partial charge in [0.25, 0.3) is 0 Å². The van der Waals surface area contributed by atoms with Crippen molar-refractivity contribution in [3.63, 3.8) is 0 Å². The van der Waals surface area contributed by atoms with Gasteiger partial charge in [0.15, 0.2) is 9.84 Å². The second-order valence-corrected chi connectivity index (χ2v) is 7.43. The summed E-state index contributed by atoms with van der Waals surface area (Å²) < 4.78 is 28.2. The molecule has 0 saturated carbocycles. The highest BCUT2D eigenvalue weighted by molar-refractivity contribution is 7.91. The lowest BCUT2D eigenvalue weighted by Gasteiger charge is -2.27. The average Bonchev–Trinajstić information content (AvgIpc) is 2.76. The number of carbonyl (C=O) groups excluding carboxylic acids is 1. The third-order valence-electron chi connectivity index (χ3n) is 3.44. The summed E-state index contributed by atoms with van der Waals surface area (Å²) in [4.78, 5) is 23.8. The minimum Gasteiger partial charge on any atom is -0.480 e. The third-order valence-corrected chi connectivity index (χ3v) is 5.14. The van der Waals surface area contributed by atoms with Gasteiger partial charge in [-0.1, -0.05) is 30.3 Å². The number of aliphatic carboxylic acids is 1. The number of amides is 1. The molecule has 23 heavy (non-hydrogen) atoms. The highest BCUT2D eigenvalue weighted by Gasteiger charge is 2.43. The van der Waals surface area contributed by atoms with E-state index in [1.54, 1.807) is 30.3 Å². The van der Waals surface area contributed by atoms with E-state index in [1.165, 1.54) is 0 Å². The van der Waals surface area contributed by atoms with E-state index in [4.69, 9.17) is 9.84 Å². The van der Waals surface area contributed by atoms with Gasteiger partial charge in [-0.15, -0.1) is 0 Å². The summed E-state index contributed by atoms with van der Waals surface area (Å²) in [7, 11) is -3.52. The molecule has 2 rings (SSSR count). The Balaban J connectivity index is 2.08. The number of nitrogens with zero attached hydrogens (tertiary/aromatic N) is 1. The van der Waals surface area contributed by atoms with E-state index in [2.05, 4.69) is 0 Å². The van der Waals surface area contributed by atoms with Crippen LogP contribution >= 0.6 is 0 Å². The summed E-state index contributed by atoms with van der Waals surface area (Å²) in [5.74, 6) is -2.31. The van der Waals surface area contributed by atoms with Crippen molar-refractivity contribution in [1.82, 2.24) is 4.90 Å². The van der Waals surface area contributed by atoms with Crippen LogP contribution in [-0.4, -0.2) is 65.8 Å². The molecule has 0 bridgehead atoms. The van der Waals surface area contributed by atoms with Crippen LogP contribution in [0.5, 0.6) is 0 Å². The van der Waals surface area contributed by atoms with Crippen molar-refractivity contribution >= 4 is 21.9 Å². The van der Waals surface area contributed by atoms with Gasteiger partial charge in [-0.25, -0.2) is 13.2 Å². The van der Waals surface area contributed by atoms with E-state index in [0.717, 1.165) is 4.90 Å². The highest BCUT2D eigenvalue weighted by Crippen LogP contribution is 2.19. The number of benzene rings is 1. The Morgan fingerprint density at radius 1 is 1.22 bits per heavy atom. The minimum atomic E-state index is -3.52. The number of carboxylic acid groups (broad SMARTS) is 1. The summed E-state index contributed by atoms with van der Waals surface area (Å²) in [5.41, 5.74) is 0.704. The summed E-state index contributed by atoms with van der Waals surface area (Å²) in [6, 6.07) is 7.63. The third kappa shape index (κ3) is 4.67. The topological polar surface area (TPSA) is 121 Å². The zero-order chi connectivity index (χ0) is 17.0. The number of aliphatic hydroxyl groups excluding tert-OH is 1. The van der Waals surface area contributed by atoms with E-state index in [0.29, 0.717) is 5.56 Å². The molecule has 8 nitrogen and oxygen atoms in total. The smallest absolute Gasteiger partial charge is 0.411 e. The molecule has 126 valence electrons. The molecule has 0 aliphatic carbocycles. The van der Waals surface area contributed by atoms with Crippen molar-refractivity contribution in [3.8, 4) is 0 Å². The quantitative estimate of drug-likeness (QED) is 0.763. The van der Waals surface area contributed by atoms with Crippen LogP contribution in [0, 0.1) is 0 Å². The molecule has 9 heteroatoms. The van der Waals surface area contributed by atoms with Crippen molar-refractivity contribution in [1.29, 1.82) is 0 Å². The molecule has 1 aromatic carbocycles. The Hall–Kier alpha value is -2.13. The molecule has 2 N–H and O–H groups in total. The lowest BCUT2D eigenvalue weighted by molar-refractivity contribution is -0.138. The first-order chi connectivity index (χ1) is 10.8. The molecular weight excluding hydrogens is 326 g/mol. The molecule has 1 fully saturated rings. The monoisotopic (exact) mass is 343 g/mol. The molecular formula is C14H17NO7S. The Bertz CT molecular complexity index is 674. The van der Waals surface area contributed by atoms with Crippen LogP contribution in [0.4, 0.5) is 4.79 Å². The van der Waals surface area contributed by atoms with Crippen molar-refractivity contribution in [2.45, 2.75) is 18.8 Å². The van der Waals surface area contributed by atoms with Gasteiger partial charge in [-0.05, 0) is 5.56 Å². The number of sulfone groups is 1. The van der Waals surface area contributed by atoms with Gasteiger partial charge >= 0.3 is 12.1 Å². The molecule has 0 spiro atoms. The summed E-state index contributed by atoms with van der Waals surface area (Å²) in [5, 5.41) is 18.7. The number of hydrogen-bond acceptors (Lipinski definition) is 6. The number of carboxylic acids is 1. The first kappa shape index (κ1) is 17.2. The summed E-state index contributed by atoms with van der Waals surface area (Å²) in [6.07, 6.45) is -2.30. The van der Waals surface area contributed by atoms with Gasteiger partial charge in [-0.2, -0.15) is 0 Å². The van der Waals surface area contributed by atoms with Crippen LogP contribution in [0.1, 0.15) is 5.56 Å². The highest BCUT2D eigenvalue weighted by atomic mass is 32.2. The van der Waals surface area contributed by atoms with Crippen LogP contribution in [0.15, 0.2) is 30.3 Å². The molecule has 2 atom stereocenters. The maximum absolute atomic E-state index is 12.1. The van der Waals surface area contributed by atoms with Gasteiger partial charge < -0.3 is 14.9 Å². The van der Waals surface area contributed by atoms with E-state index in [9.17, 15) is 23.1 Å². The standard InChI is InChI=1S/C14H17NO7S/c16-12-9-23(20,21)8-11(12)15(6-13(17)18)14(19)22-7-10-4-2-1-3-5-10/h1-5,11-12,16H,6-9H2,(H,17,18)/t11-,12+/m0/s1. The number of hydrogen-bond donors (Lipinski definition) is 2. The molecule has 0 unspecified atom stereocenters. The normalized spacial score (nSPS) is 22.5. The maximum Gasteiger partial charge on any atom is 0.411 e. The summed E-state index contributed by atoms with van der Waals surface area (Å²) in [6.45, 7) is -0.823. The molecule has 1 aromatic rings. The zero-order valence-corrected chi connectivity index (χ0v) is 13.0. The largest absolute Gasteiger partial charge is 0.480 e. The lowest BCUT2D eigenvalue weighted by Crippen LogP contribution is -2.49. The van der Waals surface area contributed by atoms with Crippen LogP contribution in [0.2, 0.25) is 0 Å². The van der Waals surface area contributed by atoms with Crippen molar-refractivity contribution < 1.29 is 33.0 Å². The Kier molecular flexibility index (Phi) is 5.22. The fourth-order valence-corrected chi connectivity index (χ4v) is 4.17. The molecule has 1 aliphatic rings. The number of ether oxygens (including phenoxy) is 1. The molecule has 0 radical (unpaired) electrons. The van der Waals surface area contributed by atoms with Crippen LogP contribution in [0.3, 0.4) is 0 Å². The maximum atomic E-state index is 12.1. The molecule has 1 heterocycles. The van der Waals surface area contributed by atoms with Gasteiger partial charge in [-0.3, -0.25) is 9.69 Å². The van der Waals surface area contributed by atoms with Gasteiger partial charge in [0, 0.05) is 0 Å². The SMILES string of the molecule is O=C(O)CN(C(=O)OCc1ccccc1)[C@H]1CS(=O)(=O)C[C@H]1O. The summed E-state index contributed by atoms with van der Waals surface area (Å²) >= 11 is 0. The van der Waals surface area contributed by atoms with E-state index < -0.39 is 52.1 Å².